The third-order valence-corrected chi connectivity index (χ3v) is 4.64. The number of aromatic nitrogens is 1. The quantitative estimate of drug-likeness (QED) is 0.751. The van der Waals surface area contributed by atoms with Crippen molar-refractivity contribution in [3.63, 3.8) is 0 Å². The zero-order valence-corrected chi connectivity index (χ0v) is 15.2. The predicted molar refractivity (Wildman–Crippen MR) is 99.6 cm³/mol. The lowest BCUT2D eigenvalue weighted by Gasteiger charge is -2.13. The van der Waals surface area contributed by atoms with Crippen LogP contribution in [-0.2, 0) is 6.61 Å². The van der Waals surface area contributed by atoms with Crippen LogP contribution in [0.1, 0.15) is 27.2 Å². The Hall–Kier alpha value is -2.30. The van der Waals surface area contributed by atoms with E-state index < -0.39 is 0 Å². The topological polar surface area (TPSA) is 51.5 Å². The van der Waals surface area contributed by atoms with Crippen LogP contribution in [0.3, 0.4) is 0 Å². The number of nitrogens with zero attached hydrogens (tertiary/aromatic N) is 1. The largest absolute Gasteiger partial charge is 0.482 e. The molecule has 0 aliphatic heterocycles. The first-order valence-electron chi connectivity index (χ1n) is 8.06. The van der Waals surface area contributed by atoms with Crippen LogP contribution in [0.2, 0.25) is 5.02 Å². The zero-order chi connectivity index (χ0) is 18.1. The van der Waals surface area contributed by atoms with Crippen molar-refractivity contribution in [2.75, 3.05) is 6.61 Å². The van der Waals surface area contributed by atoms with Gasteiger partial charge in [0.25, 0.3) is 5.91 Å². The molecule has 0 spiro atoms. The number of fused-ring (bicyclic) bond motifs is 1. The average Bonchev–Trinajstić information content (AvgIpc) is 2.84. The van der Waals surface area contributed by atoms with Crippen molar-refractivity contribution >= 4 is 28.4 Å². The van der Waals surface area contributed by atoms with Gasteiger partial charge < -0.3 is 9.84 Å². The van der Waals surface area contributed by atoms with Gasteiger partial charge in [0.2, 0.25) is 0 Å². The third-order valence-electron chi connectivity index (χ3n) is 4.36. The molecule has 0 aliphatic rings. The number of ether oxygens (including phenoxy) is 1. The van der Waals surface area contributed by atoms with E-state index in [1.54, 1.807) is 4.57 Å². The van der Waals surface area contributed by atoms with Gasteiger partial charge in [0.15, 0.2) is 6.61 Å². The molecule has 0 bridgehead atoms. The Morgan fingerprint density at radius 2 is 1.92 bits per heavy atom. The maximum atomic E-state index is 12.8. The second kappa shape index (κ2) is 6.90. The van der Waals surface area contributed by atoms with E-state index in [1.807, 2.05) is 57.2 Å². The smallest absolute Gasteiger partial charge is 0.269 e. The van der Waals surface area contributed by atoms with E-state index in [0.717, 1.165) is 33.3 Å². The SMILES string of the molecule is Cc1cc(C)c(OCC(=O)n2c(C)c(CO)c3ccccc32)c(Cl)c1. The van der Waals surface area contributed by atoms with Gasteiger partial charge in [0.1, 0.15) is 5.75 Å². The van der Waals surface area contributed by atoms with Crippen molar-refractivity contribution < 1.29 is 14.6 Å². The Bertz CT molecular complexity index is 936. The Labute approximate surface area is 151 Å². The normalized spacial score (nSPS) is 11.1. The minimum atomic E-state index is -0.204. The molecule has 0 saturated heterocycles. The highest BCUT2D eigenvalue weighted by Gasteiger charge is 2.19. The molecule has 130 valence electrons. The van der Waals surface area contributed by atoms with E-state index in [2.05, 4.69) is 0 Å². The van der Waals surface area contributed by atoms with Crippen LogP contribution in [0.15, 0.2) is 36.4 Å². The van der Waals surface area contributed by atoms with Gasteiger partial charge in [-0.05, 0) is 44.0 Å². The monoisotopic (exact) mass is 357 g/mol. The summed E-state index contributed by atoms with van der Waals surface area (Å²) in [5.41, 5.74) is 4.19. The minimum absolute atomic E-state index is 0.115. The number of hydrogen-bond acceptors (Lipinski definition) is 3. The van der Waals surface area contributed by atoms with Gasteiger partial charge >= 0.3 is 0 Å². The molecule has 0 atom stereocenters. The number of aryl methyl sites for hydroxylation is 2. The average molecular weight is 358 g/mol. The summed E-state index contributed by atoms with van der Waals surface area (Å²) in [6.45, 7) is 5.44. The van der Waals surface area contributed by atoms with Crippen molar-refractivity contribution in [3.8, 4) is 5.75 Å². The Morgan fingerprint density at radius 1 is 1.20 bits per heavy atom. The number of aliphatic hydroxyl groups excluding tert-OH is 1. The zero-order valence-electron chi connectivity index (χ0n) is 14.5. The highest BCUT2D eigenvalue weighted by Crippen LogP contribution is 2.30. The van der Waals surface area contributed by atoms with E-state index in [4.69, 9.17) is 16.3 Å². The number of hydrogen-bond donors (Lipinski definition) is 1. The van der Waals surface area contributed by atoms with Gasteiger partial charge in [-0.2, -0.15) is 0 Å². The van der Waals surface area contributed by atoms with Gasteiger partial charge in [-0.25, -0.2) is 0 Å². The van der Waals surface area contributed by atoms with Crippen LogP contribution in [0.5, 0.6) is 5.75 Å². The lowest BCUT2D eigenvalue weighted by molar-refractivity contribution is 0.0840. The van der Waals surface area contributed by atoms with Gasteiger partial charge in [0, 0.05) is 16.6 Å². The standard InChI is InChI=1S/C20H20ClNO3/c1-12-8-13(2)20(17(21)9-12)25-11-19(24)22-14(3)16(10-23)15-6-4-5-7-18(15)22/h4-9,23H,10-11H2,1-3H3. The van der Waals surface area contributed by atoms with Crippen molar-refractivity contribution in [2.24, 2.45) is 0 Å². The fourth-order valence-electron chi connectivity index (χ4n) is 3.24. The fraction of sp³-hybridized carbons (Fsp3) is 0.250. The first kappa shape index (κ1) is 17.5. The summed E-state index contributed by atoms with van der Waals surface area (Å²) in [5, 5.41) is 11.0. The lowest BCUT2D eigenvalue weighted by Crippen LogP contribution is -2.20. The molecule has 3 aromatic rings. The molecule has 0 saturated carbocycles. The summed E-state index contributed by atoms with van der Waals surface area (Å²) >= 11 is 6.24. The number of aliphatic hydroxyl groups is 1. The molecule has 25 heavy (non-hydrogen) atoms. The molecule has 1 heterocycles. The van der Waals surface area contributed by atoms with Gasteiger partial charge in [-0.15, -0.1) is 0 Å². The summed E-state index contributed by atoms with van der Waals surface area (Å²) in [6, 6.07) is 11.3. The first-order chi connectivity index (χ1) is 11.9. The molecular formula is C20H20ClNO3. The van der Waals surface area contributed by atoms with E-state index >= 15 is 0 Å². The maximum Gasteiger partial charge on any atom is 0.269 e. The predicted octanol–water partition coefficient (Wildman–Crippen LogP) is 4.43. The fourth-order valence-corrected chi connectivity index (χ4v) is 3.61. The number of rotatable bonds is 4. The molecule has 0 fully saturated rings. The molecule has 0 radical (unpaired) electrons. The second-order valence-corrected chi connectivity index (χ2v) is 6.56. The van der Waals surface area contributed by atoms with Crippen molar-refractivity contribution in [1.29, 1.82) is 0 Å². The third kappa shape index (κ3) is 3.15. The molecule has 4 nitrogen and oxygen atoms in total. The molecule has 0 unspecified atom stereocenters. The lowest BCUT2D eigenvalue weighted by atomic mass is 10.1. The minimum Gasteiger partial charge on any atom is -0.482 e. The van der Waals surface area contributed by atoms with Gasteiger partial charge in [-0.1, -0.05) is 35.9 Å². The van der Waals surface area contributed by atoms with E-state index in [9.17, 15) is 9.90 Å². The molecular weight excluding hydrogens is 338 g/mol. The van der Waals surface area contributed by atoms with Crippen LogP contribution < -0.4 is 4.74 Å². The van der Waals surface area contributed by atoms with E-state index in [0.29, 0.717) is 10.8 Å². The molecule has 2 aromatic carbocycles. The molecule has 1 N–H and O–H groups in total. The Morgan fingerprint density at radius 3 is 2.60 bits per heavy atom. The Balaban J connectivity index is 1.93. The maximum absolute atomic E-state index is 12.8. The summed E-state index contributed by atoms with van der Waals surface area (Å²) < 4.78 is 7.32. The highest BCUT2D eigenvalue weighted by molar-refractivity contribution is 6.32. The number of carbonyl (C=O) groups excluding carboxylic acids is 1. The van der Waals surface area contributed by atoms with E-state index in [-0.39, 0.29) is 19.1 Å². The number of para-hydroxylation sites is 1. The van der Waals surface area contributed by atoms with Crippen LogP contribution in [0.25, 0.3) is 10.9 Å². The number of carbonyl (C=O) groups is 1. The summed E-state index contributed by atoms with van der Waals surface area (Å²) in [4.78, 5) is 12.8. The molecule has 1 aromatic heterocycles. The number of halogens is 1. The van der Waals surface area contributed by atoms with Crippen molar-refractivity contribution in [1.82, 2.24) is 4.57 Å². The first-order valence-corrected chi connectivity index (χ1v) is 8.44. The second-order valence-electron chi connectivity index (χ2n) is 6.15. The van der Waals surface area contributed by atoms with Crippen LogP contribution in [0.4, 0.5) is 0 Å². The Kier molecular flexibility index (Phi) is 4.84. The van der Waals surface area contributed by atoms with Crippen molar-refractivity contribution in [3.05, 3.63) is 63.8 Å². The number of benzene rings is 2. The molecule has 3 rings (SSSR count). The molecule has 5 heteroatoms. The highest BCUT2D eigenvalue weighted by atomic mass is 35.5. The summed E-state index contributed by atoms with van der Waals surface area (Å²) in [5.74, 6) is 0.321. The van der Waals surface area contributed by atoms with E-state index in [1.165, 1.54) is 0 Å². The van der Waals surface area contributed by atoms with Crippen molar-refractivity contribution in [2.45, 2.75) is 27.4 Å². The van der Waals surface area contributed by atoms with Gasteiger partial charge in [-0.3, -0.25) is 9.36 Å². The molecule has 0 amide bonds. The van der Waals surface area contributed by atoms with Crippen LogP contribution in [-0.4, -0.2) is 22.2 Å². The van der Waals surface area contributed by atoms with Crippen LogP contribution in [0, 0.1) is 20.8 Å². The summed E-state index contributed by atoms with van der Waals surface area (Å²) in [6.07, 6.45) is 0. The summed E-state index contributed by atoms with van der Waals surface area (Å²) in [7, 11) is 0. The van der Waals surface area contributed by atoms with Crippen LogP contribution >= 0.6 is 11.6 Å². The molecule has 0 aliphatic carbocycles. The van der Waals surface area contributed by atoms with Gasteiger partial charge in [0.05, 0.1) is 17.1 Å².